The first-order valence-corrected chi connectivity index (χ1v) is 14.5. The van der Waals surface area contributed by atoms with Gasteiger partial charge in [0.1, 0.15) is 17.2 Å². The van der Waals surface area contributed by atoms with Crippen LogP contribution in [-0.4, -0.2) is 59.1 Å². The van der Waals surface area contributed by atoms with Crippen LogP contribution >= 0.6 is 11.6 Å². The van der Waals surface area contributed by atoms with Crippen molar-refractivity contribution in [2.75, 3.05) is 31.1 Å². The highest BCUT2D eigenvalue weighted by molar-refractivity contribution is 6.31. The number of likely N-dealkylation sites (N-methyl/N-ethyl adjacent to an activating group) is 1. The zero-order chi connectivity index (χ0) is 28.6. The minimum atomic E-state index is -0.330. The summed E-state index contributed by atoms with van der Waals surface area (Å²) in [5, 5.41) is 0.464. The van der Waals surface area contributed by atoms with Gasteiger partial charge >= 0.3 is 5.97 Å². The molecule has 0 saturated carbocycles. The molecule has 2 heterocycles. The second-order valence-electron chi connectivity index (χ2n) is 10.6. The number of esters is 1. The van der Waals surface area contributed by atoms with E-state index in [1.165, 1.54) is 17.2 Å². The highest BCUT2D eigenvalue weighted by Crippen LogP contribution is 2.27. The number of hydrogen-bond acceptors (Lipinski definition) is 6. The Balaban J connectivity index is 1.41. The molecule has 1 aromatic heterocycles. The first kappa shape index (κ1) is 30.0. The Morgan fingerprint density at radius 2 is 1.82 bits per heavy atom. The van der Waals surface area contributed by atoms with Crippen molar-refractivity contribution < 1.29 is 13.9 Å². The fourth-order valence-corrected chi connectivity index (χ4v) is 5.55. The van der Waals surface area contributed by atoms with Crippen molar-refractivity contribution in [2.45, 2.75) is 65.9 Å². The molecular formula is C32H40ClFN4O2. The van der Waals surface area contributed by atoms with E-state index in [1.807, 2.05) is 13.8 Å². The number of carbonyl (C=O) groups is 1. The molecule has 2 aromatic carbocycles. The predicted octanol–water partition coefficient (Wildman–Crippen LogP) is 6.56. The van der Waals surface area contributed by atoms with Crippen LogP contribution in [0.3, 0.4) is 0 Å². The van der Waals surface area contributed by atoms with E-state index >= 15 is 0 Å². The van der Waals surface area contributed by atoms with E-state index in [4.69, 9.17) is 16.3 Å². The van der Waals surface area contributed by atoms with Gasteiger partial charge in [0.15, 0.2) is 0 Å². The molecule has 0 unspecified atom stereocenters. The number of carbonyl (C=O) groups excluding carboxylic acids is 1. The maximum atomic E-state index is 14.4. The second-order valence-corrected chi connectivity index (χ2v) is 11.0. The van der Waals surface area contributed by atoms with Crippen LogP contribution in [0.5, 0.6) is 0 Å². The SMILES string of the molecule is CCN(Cc1cccc(CN(CC)[C@@H]2CCN(c3ncccc3C(=O)OC(C)C)C2)c1)Cc1c(F)cccc1Cl. The molecule has 1 aliphatic rings. The van der Waals surface area contributed by atoms with Gasteiger partial charge in [-0.2, -0.15) is 0 Å². The third-order valence-corrected chi connectivity index (χ3v) is 7.76. The Bertz CT molecular complexity index is 1270. The van der Waals surface area contributed by atoms with Crippen molar-refractivity contribution in [3.05, 3.63) is 93.9 Å². The van der Waals surface area contributed by atoms with E-state index in [1.54, 1.807) is 30.5 Å². The molecule has 0 spiro atoms. The molecule has 0 aliphatic carbocycles. The van der Waals surface area contributed by atoms with E-state index < -0.39 is 0 Å². The lowest BCUT2D eigenvalue weighted by atomic mass is 10.1. The number of pyridine rings is 1. The summed E-state index contributed by atoms with van der Waals surface area (Å²) in [6.07, 6.45) is 2.55. The average molecular weight is 567 g/mol. The van der Waals surface area contributed by atoms with Gasteiger partial charge in [-0.3, -0.25) is 9.80 Å². The minimum absolute atomic E-state index is 0.181. The van der Waals surface area contributed by atoms with Crippen molar-refractivity contribution >= 4 is 23.4 Å². The average Bonchev–Trinajstić information content (AvgIpc) is 3.43. The van der Waals surface area contributed by atoms with Crippen molar-refractivity contribution in [1.29, 1.82) is 0 Å². The molecule has 1 aliphatic heterocycles. The van der Waals surface area contributed by atoms with Gasteiger partial charge in [-0.25, -0.2) is 14.2 Å². The Morgan fingerprint density at radius 3 is 2.52 bits per heavy atom. The second kappa shape index (κ2) is 14.1. The third-order valence-electron chi connectivity index (χ3n) is 7.41. The van der Waals surface area contributed by atoms with Gasteiger partial charge in [-0.05, 0) is 68.8 Å². The highest BCUT2D eigenvalue weighted by Gasteiger charge is 2.30. The Kier molecular flexibility index (Phi) is 10.5. The lowest BCUT2D eigenvalue weighted by Gasteiger charge is -2.28. The summed E-state index contributed by atoms with van der Waals surface area (Å²) < 4.78 is 19.8. The van der Waals surface area contributed by atoms with E-state index in [0.717, 1.165) is 39.1 Å². The largest absolute Gasteiger partial charge is 0.459 e. The maximum absolute atomic E-state index is 14.4. The molecular weight excluding hydrogens is 527 g/mol. The zero-order valence-corrected chi connectivity index (χ0v) is 24.7. The van der Waals surface area contributed by atoms with E-state index in [0.29, 0.717) is 41.1 Å². The molecule has 1 fully saturated rings. The lowest BCUT2D eigenvalue weighted by Crippen LogP contribution is -2.37. The number of ether oxygens (including phenoxy) is 1. The maximum Gasteiger partial charge on any atom is 0.342 e. The van der Waals surface area contributed by atoms with Crippen LogP contribution in [0, 0.1) is 5.82 Å². The molecule has 1 saturated heterocycles. The molecule has 1 atom stereocenters. The van der Waals surface area contributed by atoms with Crippen LogP contribution in [0.1, 0.15) is 61.2 Å². The summed E-state index contributed by atoms with van der Waals surface area (Å²) in [6.45, 7) is 13.3. The monoisotopic (exact) mass is 566 g/mol. The predicted molar refractivity (Wildman–Crippen MR) is 159 cm³/mol. The van der Waals surface area contributed by atoms with Crippen LogP contribution in [0.15, 0.2) is 60.8 Å². The van der Waals surface area contributed by atoms with Crippen molar-refractivity contribution in [2.24, 2.45) is 0 Å². The van der Waals surface area contributed by atoms with E-state index in [2.05, 4.69) is 57.8 Å². The molecule has 0 amide bonds. The first-order valence-electron chi connectivity index (χ1n) is 14.2. The summed E-state index contributed by atoms with van der Waals surface area (Å²) in [6, 6.07) is 17.4. The Morgan fingerprint density at radius 1 is 1.07 bits per heavy atom. The molecule has 6 nitrogen and oxygen atoms in total. The summed E-state index contributed by atoms with van der Waals surface area (Å²) in [7, 11) is 0. The number of rotatable bonds is 12. The van der Waals surface area contributed by atoms with Gasteiger partial charge in [0, 0.05) is 55.5 Å². The third kappa shape index (κ3) is 7.59. The topological polar surface area (TPSA) is 48.9 Å². The lowest BCUT2D eigenvalue weighted by molar-refractivity contribution is 0.0378. The molecule has 0 bridgehead atoms. The van der Waals surface area contributed by atoms with Gasteiger partial charge < -0.3 is 9.64 Å². The molecule has 3 aromatic rings. The summed E-state index contributed by atoms with van der Waals surface area (Å²) in [5.74, 6) is 0.103. The van der Waals surface area contributed by atoms with Crippen molar-refractivity contribution in [3.8, 4) is 0 Å². The molecule has 4 rings (SSSR count). The molecule has 0 radical (unpaired) electrons. The molecule has 0 N–H and O–H groups in total. The number of nitrogens with zero attached hydrogens (tertiary/aromatic N) is 4. The number of anilines is 1. The summed E-state index contributed by atoms with van der Waals surface area (Å²) in [4.78, 5) is 24.1. The first-order chi connectivity index (χ1) is 19.3. The smallest absolute Gasteiger partial charge is 0.342 e. The van der Waals surface area contributed by atoms with E-state index in [-0.39, 0.29) is 17.9 Å². The summed E-state index contributed by atoms with van der Waals surface area (Å²) in [5.41, 5.74) is 3.50. The fraction of sp³-hybridized carbons (Fsp3) is 0.438. The minimum Gasteiger partial charge on any atom is -0.459 e. The van der Waals surface area contributed by atoms with Crippen LogP contribution in [-0.2, 0) is 24.4 Å². The van der Waals surface area contributed by atoms with Gasteiger partial charge in [-0.15, -0.1) is 0 Å². The molecule has 40 heavy (non-hydrogen) atoms. The number of aromatic nitrogens is 1. The molecule has 214 valence electrons. The van der Waals surface area contributed by atoms with Crippen LogP contribution < -0.4 is 4.90 Å². The number of hydrogen-bond donors (Lipinski definition) is 0. The van der Waals surface area contributed by atoms with E-state index in [9.17, 15) is 9.18 Å². The zero-order valence-electron chi connectivity index (χ0n) is 23.9. The van der Waals surface area contributed by atoms with Gasteiger partial charge in [-0.1, -0.05) is 55.8 Å². The normalized spacial score (nSPS) is 15.4. The van der Waals surface area contributed by atoms with Crippen LogP contribution in [0.25, 0.3) is 0 Å². The van der Waals surface area contributed by atoms with Crippen LogP contribution in [0.2, 0.25) is 5.02 Å². The standard InChI is InChI=1S/C32H40ClFN4O2/c1-5-36(22-28-29(33)13-8-14-30(28)34)19-24-10-7-11-25(18-24)20-37(6-2)26-15-17-38(21-26)31-27(12-9-16-35-31)32(39)40-23(3)4/h7-14,16,18,23,26H,5-6,15,17,19-22H2,1-4H3/t26-/m1/s1. The fourth-order valence-electron chi connectivity index (χ4n) is 5.32. The quantitative estimate of drug-likeness (QED) is 0.231. The van der Waals surface area contributed by atoms with Gasteiger partial charge in [0.25, 0.3) is 0 Å². The van der Waals surface area contributed by atoms with Gasteiger partial charge in [0.05, 0.1) is 6.10 Å². The number of halogens is 2. The highest BCUT2D eigenvalue weighted by atomic mass is 35.5. The molecule has 8 heteroatoms. The van der Waals surface area contributed by atoms with Gasteiger partial charge in [0.2, 0.25) is 0 Å². The number of benzene rings is 2. The Hall–Kier alpha value is -3.00. The van der Waals surface area contributed by atoms with Crippen LogP contribution in [0.4, 0.5) is 10.2 Å². The van der Waals surface area contributed by atoms with Crippen molar-refractivity contribution in [3.63, 3.8) is 0 Å². The Labute approximate surface area is 242 Å². The van der Waals surface area contributed by atoms with Crippen molar-refractivity contribution in [1.82, 2.24) is 14.8 Å². The summed E-state index contributed by atoms with van der Waals surface area (Å²) >= 11 is 6.29.